The van der Waals surface area contributed by atoms with E-state index >= 15 is 0 Å². The maximum atomic E-state index is 12.2. The number of amides is 4. The Morgan fingerprint density at radius 3 is 2.46 bits per heavy atom. The van der Waals surface area contributed by atoms with Crippen LogP contribution in [0.2, 0.25) is 5.02 Å². The molecule has 1 aliphatic rings. The van der Waals surface area contributed by atoms with Gasteiger partial charge in [-0.15, -0.1) is 0 Å². The summed E-state index contributed by atoms with van der Waals surface area (Å²) in [7, 11) is 3.39. The van der Waals surface area contributed by atoms with Crippen LogP contribution in [0.4, 0.5) is 4.79 Å². The van der Waals surface area contributed by atoms with Crippen molar-refractivity contribution in [3.8, 4) is 5.75 Å². The molecule has 0 aliphatic carbocycles. The monoisotopic (exact) mass is 354 g/mol. The summed E-state index contributed by atoms with van der Waals surface area (Å²) in [5.41, 5.74) is 0.860. The Labute approximate surface area is 145 Å². The number of hydrogen-bond donors (Lipinski definition) is 1. The summed E-state index contributed by atoms with van der Waals surface area (Å²) in [4.78, 5) is 39.0. The highest BCUT2D eigenvalue weighted by molar-refractivity contribution is 6.44. The lowest BCUT2D eigenvalue weighted by atomic mass is 10.2. The van der Waals surface area contributed by atoms with Gasteiger partial charge in [0.25, 0.3) is 0 Å². The van der Waals surface area contributed by atoms with Gasteiger partial charge in [-0.3, -0.25) is 14.5 Å². The number of hydrogen-bond acceptors (Lipinski definition) is 4. The number of nitrogens with one attached hydrogen (secondary N) is 1. The molecule has 1 atom stereocenters. The van der Waals surface area contributed by atoms with Crippen LogP contribution in [-0.4, -0.2) is 55.0 Å². The summed E-state index contributed by atoms with van der Waals surface area (Å²) in [5.74, 6) is -0.845. The van der Waals surface area contributed by atoms with E-state index in [0.717, 1.165) is 20.3 Å². The highest BCUT2D eigenvalue weighted by atomic mass is 35.5. The molecule has 0 bridgehead atoms. The van der Waals surface area contributed by atoms with E-state index < -0.39 is 17.8 Å². The molecular formula is C16H21ClN3O4+. The molecule has 0 aromatic heterocycles. The Kier molecular flexibility index (Phi) is 5.80. The summed E-state index contributed by atoms with van der Waals surface area (Å²) >= 11 is 6.01. The molecule has 1 saturated heterocycles. The van der Waals surface area contributed by atoms with Crippen LogP contribution in [0, 0.1) is 0 Å². The van der Waals surface area contributed by atoms with Crippen molar-refractivity contribution in [3.63, 3.8) is 0 Å². The van der Waals surface area contributed by atoms with Gasteiger partial charge in [-0.05, 0) is 24.6 Å². The Hall–Kier alpha value is -2.12. The van der Waals surface area contributed by atoms with Crippen LogP contribution in [0.15, 0.2) is 18.2 Å². The minimum atomic E-state index is -0.772. The molecule has 130 valence electrons. The van der Waals surface area contributed by atoms with Crippen LogP contribution in [-0.2, 0) is 16.1 Å². The minimum Gasteiger partial charge on any atom is -0.496 e. The summed E-state index contributed by atoms with van der Waals surface area (Å²) < 4.78 is 5.30. The lowest BCUT2D eigenvalue weighted by Crippen LogP contribution is -3.09. The summed E-state index contributed by atoms with van der Waals surface area (Å²) in [6.45, 7) is 2.68. The second-order valence-corrected chi connectivity index (χ2v) is 6.16. The molecule has 0 saturated carbocycles. The molecule has 8 heteroatoms. The van der Waals surface area contributed by atoms with Gasteiger partial charge in [0.1, 0.15) is 12.3 Å². The van der Waals surface area contributed by atoms with Gasteiger partial charge in [0.15, 0.2) is 6.67 Å². The first kappa shape index (κ1) is 18.2. The van der Waals surface area contributed by atoms with Gasteiger partial charge in [-0.1, -0.05) is 18.5 Å². The van der Waals surface area contributed by atoms with Crippen molar-refractivity contribution in [2.75, 3.05) is 27.4 Å². The number of urea groups is 1. The average Bonchev–Trinajstić information content (AvgIpc) is 2.73. The quantitative estimate of drug-likeness (QED) is 0.572. The van der Waals surface area contributed by atoms with Crippen LogP contribution < -0.4 is 9.64 Å². The fourth-order valence-corrected chi connectivity index (χ4v) is 2.84. The Morgan fingerprint density at radius 2 is 1.83 bits per heavy atom. The van der Waals surface area contributed by atoms with E-state index in [0.29, 0.717) is 23.7 Å². The highest BCUT2D eigenvalue weighted by Crippen LogP contribution is 2.21. The average molecular weight is 355 g/mol. The van der Waals surface area contributed by atoms with E-state index in [-0.39, 0.29) is 13.2 Å². The predicted octanol–water partition coefficient (Wildman–Crippen LogP) is 0.522. The second-order valence-electron chi connectivity index (χ2n) is 5.72. The van der Waals surface area contributed by atoms with Crippen molar-refractivity contribution in [1.82, 2.24) is 9.80 Å². The normalized spacial score (nSPS) is 16.1. The van der Waals surface area contributed by atoms with Crippen molar-refractivity contribution in [1.29, 1.82) is 0 Å². The van der Waals surface area contributed by atoms with Gasteiger partial charge in [0.05, 0.1) is 14.2 Å². The van der Waals surface area contributed by atoms with Crippen LogP contribution in [0.25, 0.3) is 0 Å². The van der Waals surface area contributed by atoms with Crippen molar-refractivity contribution in [3.05, 3.63) is 28.8 Å². The Morgan fingerprint density at radius 1 is 1.17 bits per heavy atom. The van der Waals surface area contributed by atoms with E-state index in [1.165, 1.54) is 0 Å². The number of halogens is 1. The number of benzene rings is 1. The summed E-state index contributed by atoms with van der Waals surface area (Å²) in [5, 5.41) is 0.580. The van der Waals surface area contributed by atoms with Crippen molar-refractivity contribution in [2.24, 2.45) is 0 Å². The smallest absolute Gasteiger partial charge is 0.338 e. The number of methoxy groups -OCH3 is 1. The molecule has 1 N–H and O–H groups in total. The number of carbonyl (C=O) groups excluding carboxylic acids is 3. The molecule has 1 unspecified atom stereocenters. The van der Waals surface area contributed by atoms with E-state index in [4.69, 9.17) is 16.3 Å². The molecule has 4 amide bonds. The third kappa shape index (κ3) is 3.68. The number of ether oxygens (including phenoxy) is 1. The third-order valence-corrected chi connectivity index (χ3v) is 3.98. The summed E-state index contributed by atoms with van der Waals surface area (Å²) in [6.07, 6.45) is 0.612. The van der Waals surface area contributed by atoms with E-state index in [1.54, 1.807) is 25.3 Å². The third-order valence-electron chi connectivity index (χ3n) is 3.74. The lowest BCUT2D eigenvalue weighted by Gasteiger charge is -2.20. The zero-order valence-corrected chi connectivity index (χ0v) is 14.7. The lowest BCUT2D eigenvalue weighted by molar-refractivity contribution is -0.901. The number of nitrogens with zero attached hydrogens (tertiary/aromatic N) is 2. The zero-order valence-electron chi connectivity index (χ0n) is 14.0. The van der Waals surface area contributed by atoms with Gasteiger partial charge in [-0.2, -0.15) is 0 Å². The molecule has 0 spiro atoms. The first-order valence-electron chi connectivity index (χ1n) is 7.70. The zero-order chi connectivity index (χ0) is 17.9. The minimum absolute atomic E-state index is 0.0965. The molecule has 1 aromatic carbocycles. The van der Waals surface area contributed by atoms with E-state index in [9.17, 15) is 14.4 Å². The fraction of sp³-hybridized carbons (Fsp3) is 0.438. The van der Waals surface area contributed by atoms with Gasteiger partial charge in [0.2, 0.25) is 0 Å². The van der Waals surface area contributed by atoms with E-state index in [1.807, 2.05) is 14.0 Å². The standard InChI is InChI=1S/C16H20ClN3O4/c1-4-7-19-14(21)15(22)20(16(19)23)10-18(2)9-11-8-12(17)5-6-13(11)24-3/h5-6,8H,4,7,9-10H2,1-3H3/p+1. The molecule has 1 fully saturated rings. The van der Waals surface area contributed by atoms with Gasteiger partial charge < -0.3 is 9.64 Å². The maximum Gasteiger partial charge on any atom is 0.338 e. The number of carbonyl (C=O) groups is 3. The van der Waals surface area contributed by atoms with Crippen LogP contribution in [0.5, 0.6) is 5.75 Å². The molecule has 1 heterocycles. The topological polar surface area (TPSA) is 71.4 Å². The molecular weight excluding hydrogens is 334 g/mol. The molecule has 1 aromatic rings. The highest BCUT2D eigenvalue weighted by Gasteiger charge is 2.45. The molecule has 1 aliphatic heterocycles. The molecule has 0 radical (unpaired) electrons. The largest absolute Gasteiger partial charge is 0.496 e. The van der Waals surface area contributed by atoms with Gasteiger partial charge in [0, 0.05) is 17.1 Å². The van der Waals surface area contributed by atoms with Crippen molar-refractivity contribution in [2.45, 2.75) is 19.9 Å². The Bertz CT molecular complexity index is 665. The first-order chi connectivity index (χ1) is 11.4. The fourth-order valence-electron chi connectivity index (χ4n) is 2.65. The van der Waals surface area contributed by atoms with Gasteiger partial charge >= 0.3 is 17.8 Å². The maximum absolute atomic E-state index is 12.2. The van der Waals surface area contributed by atoms with Crippen LogP contribution in [0.1, 0.15) is 18.9 Å². The first-order valence-corrected chi connectivity index (χ1v) is 8.07. The number of quaternary nitrogens is 1. The van der Waals surface area contributed by atoms with Crippen molar-refractivity contribution < 1.29 is 24.0 Å². The summed E-state index contributed by atoms with van der Waals surface area (Å²) in [6, 6.07) is 4.73. The van der Waals surface area contributed by atoms with E-state index in [2.05, 4.69) is 0 Å². The molecule has 24 heavy (non-hydrogen) atoms. The SMILES string of the molecule is CCCN1C(=O)C(=O)N(C[NH+](C)Cc2cc(Cl)ccc2OC)C1=O. The molecule has 2 rings (SSSR count). The van der Waals surface area contributed by atoms with Crippen LogP contribution in [0.3, 0.4) is 0 Å². The number of imide groups is 2. The second kappa shape index (κ2) is 7.63. The van der Waals surface area contributed by atoms with Gasteiger partial charge in [-0.25, -0.2) is 9.69 Å². The predicted molar refractivity (Wildman–Crippen MR) is 87.7 cm³/mol. The number of rotatable bonds is 7. The molecule has 7 nitrogen and oxygen atoms in total. The van der Waals surface area contributed by atoms with Crippen LogP contribution >= 0.6 is 11.6 Å². The Balaban J connectivity index is 2.08. The van der Waals surface area contributed by atoms with Crippen molar-refractivity contribution >= 4 is 29.4 Å².